The molecule has 0 atom stereocenters. The Labute approximate surface area is 127 Å². The summed E-state index contributed by atoms with van der Waals surface area (Å²) in [4.78, 5) is 13.4. The topological polar surface area (TPSA) is 52.6 Å². The van der Waals surface area contributed by atoms with Crippen LogP contribution < -0.4 is 5.32 Å². The van der Waals surface area contributed by atoms with Gasteiger partial charge in [0.15, 0.2) is 0 Å². The van der Waals surface area contributed by atoms with E-state index in [1.165, 1.54) is 0 Å². The number of anilines is 1. The Morgan fingerprint density at radius 3 is 2.60 bits per heavy atom. The van der Waals surface area contributed by atoms with Gasteiger partial charge in [-0.25, -0.2) is 4.79 Å². The van der Waals surface area contributed by atoms with Gasteiger partial charge in [-0.1, -0.05) is 25.5 Å². The van der Waals surface area contributed by atoms with Crippen molar-refractivity contribution in [3.05, 3.63) is 29.3 Å². The number of benzene rings is 1. The number of para-hydroxylation sites is 1. The maximum atomic E-state index is 11.3. The minimum absolute atomic E-state index is 0. The van der Waals surface area contributed by atoms with Crippen molar-refractivity contribution in [1.82, 2.24) is 4.90 Å². The standard InChI is InChI=1S/C15H24N2O2.ClH/c1-4-5-10-16-14-12(9-11-17(2)3)7-6-8-13(14)15(18)19;/h6-8,16H,4-5,9-11H2,1-3H3,(H,18,19);1H. The van der Waals surface area contributed by atoms with Crippen LogP contribution in [-0.4, -0.2) is 43.2 Å². The molecule has 20 heavy (non-hydrogen) atoms. The Hall–Kier alpha value is -1.26. The van der Waals surface area contributed by atoms with Crippen LogP contribution in [-0.2, 0) is 6.42 Å². The smallest absolute Gasteiger partial charge is 0.337 e. The number of carboxylic acids is 1. The summed E-state index contributed by atoms with van der Waals surface area (Å²) < 4.78 is 0. The van der Waals surface area contributed by atoms with Gasteiger partial charge in [-0.15, -0.1) is 12.4 Å². The van der Waals surface area contributed by atoms with Crippen LogP contribution in [0.1, 0.15) is 35.7 Å². The molecule has 0 bridgehead atoms. The molecule has 114 valence electrons. The molecule has 2 N–H and O–H groups in total. The van der Waals surface area contributed by atoms with Crippen LogP contribution in [0.25, 0.3) is 0 Å². The molecule has 1 rings (SSSR count). The van der Waals surface area contributed by atoms with E-state index in [9.17, 15) is 9.90 Å². The summed E-state index contributed by atoms with van der Waals surface area (Å²) in [6.45, 7) is 3.85. The molecule has 0 aromatic heterocycles. The fourth-order valence-electron chi connectivity index (χ4n) is 1.93. The molecule has 0 aliphatic heterocycles. The van der Waals surface area contributed by atoms with E-state index in [-0.39, 0.29) is 12.4 Å². The minimum atomic E-state index is -0.870. The number of carbonyl (C=O) groups is 1. The van der Waals surface area contributed by atoms with Gasteiger partial charge in [0.05, 0.1) is 11.3 Å². The fraction of sp³-hybridized carbons (Fsp3) is 0.533. The Morgan fingerprint density at radius 2 is 2.05 bits per heavy atom. The van der Waals surface area contributed by atoms with Crippen molar-refractivity contribution in [2.75, 3.05) is 32.5 Å². The number of hydrogen-bond donors (Lipinski definition) is 2. The molecular weight excluding hydrogens is 276 g/mol. The molecule has 0 amide bonds. The second-order valence-electron chi connectivity index (χ2n) is 4.98. The number of nitrogens with one attached hydrogen (secondary N) is 1. The third-order valence-electron chi connectivity index (χ3n) is 3.04. The lowest BCUT2D eigenvalue weighted by molar-refractivity contribution is 0.0698. The molecule has 0 unspecified atom stereocenters. The second-order valence-corrected chi connectivity index (χ2v) is 4.98. The summed E-state index contributed by atoms with van der Waals surface area (Å²) in [5.74, 6) is -0.870. The van der Waals surface area contributed by atoms with Crippen molar-refractivity contribution in [2.24, 2.45) is 0 Å². The zero-order valence-electron chi connectivity index (χ0n) is 12.5. The maximum Gasteiger partial charge on any atom is 0.337 e. The lowest BCUT2D eigenvalue weighted by Crippen LogP contribution is -2.17. The lowest BCUT2D eigenvalue weighted by atomic mass is 10.0. The van der Waals surface area contributed by atoms with E-state index in [1.54, 1.807) is 6.07 Å². The number of halogens is 1. The van der Waals surface area contributed by atoms with Gasteiger partial charge in [0.2, 0.25) is 0 Å². The number of unbranched alkanes of at least 4 members (excludes halogenated alkanes) is 1. The summed E-state index contributed by atoms with van der Waals surface area (Å²) in [7, 11) is 4.04. The van der Waals surface area contributed by atoms with E-state index < -0.39 is 5.97 Å². The number of likely N-dealkylation sites (N-methyl/N-ethyl adjacent to an activating group) is 1. The number of nitrogens with zero attached hydrogens (tertiary/aromatic N) is 1. The van der Waals surface area contributed by atoms with Crippen LogP contribution in [0.4, 0.5) is 5.69 Å². The molecule has 0 saturated heterocycles. The van der Waals surface area contributed by atoms with Crippen LogP contribution in [0.5, 0.6) is 0 Å². The van der Waals surface area contributed by atoms with Crippen LogP contribution in [0, 0.1) is 0 Å². The molecule has 0 aliphatic rings. The molecular formula is C15H25ClN2O2. The van der Waals surface area contributed by atoms with Crippen LogP contribution >= 0.6 is 12.4 Å². The highest BCUT2D eigenvalue weighted by Crippen LogP contribution is 2.22. The largest absolute Gasteiger partial charge is 0.478 e. The second kappa shape index (κ2) is 9.61. The lowest BCUT2D eigenvalue weighted by Gasteiger charge is -2.16. The normalized spacial score (nSPS) is 10.2. The van der Waals surface area contributed by atoms with Crippen molar-refractivity contribution in [3.8, 4) is 0 Å². The third-order valence-corrected chi connectivity index (χ3v) is 3.04. The van der Waals surface area contributed by atoms with Crippen molar-refractivity contribution in [3.63, 3.8) is 0 Å². The highest BCUT2D eigenvalue weighted by Gasteiger charge is 2.13. The van der Waals surface area contributed by atoms with Crippen molar-refractivity contribution >= 4 is 24.1 Å². The predicted octanol–water partition coefficient (Wildman–Crippen LogP) is 3.12. The molecule has 0 saturated carbocycles. The van der Waals surface area contributed by atoms with E-state index in [1.807, 2.05) is 26.2 Å². The molecule has 0 aliphatic carbocycles. The Balaban J connectivity index is 0.00000361. The number of hydrogen-bond acceptors (Lipinski definition) is 3. The van der Waals surface area contributed by atoms with Crippen molar-refractivity contribution in [1.29, 1.82) is 0 Å². The predicted molar refractivity (Wildman–Crippen MR) is 86.3 cm³/mol. The van der Waals surface area contributed by atoms with Gasteiger partial charge in [-0.05, 0) is 38.6 Å². The molecule has 0 fully saturated rings. The number of carboxylic acid groups (broad SMARTS) is 1. The molecule has 5 heteroatoms. The number of rotatable bonds is 8. The third kappa shape index (κ3) is 5.80. The van der Waals surface area contributed by atoms with E-state index in [2.05, 4.69) is 17.1 Å². The average molecular weight is 301 g/mol. The molecule has 0 heterocycles. The highest BCUT2D eigenvalue weighted by atomic mass is 35.5. The van der Waals surface area contributed by atoms with Gasteiger partial charge >= 0.3 is 5.97 Å². The van der Waals surface area contributed by atoms with Crippen LogP contribution in [0.2, 0.25) is 0 Å². The Bertz CT molecular complexity index is 422. The van der Waals surface area contributed by atoms with Gasteiger partial charge in [0.25, 0.3) is 0 Å². The molecule has 1 aromatic rings. The van der Waals surface area contributed by atoms with Crippen LogP contribution in [0.3, 0.4) is 0 Å². The zero-order valence-corrected chi connectivity index (χ0v) is 13.3. The summed E-state index contributed by atoms with van der Waals surface area (Å²) in [5.41, 5.74) is 2.22. The average Bonchev–Trinajstić information content (AvgIpc) is 2.37. The van der Waals surface area contributed by atoms with Crippen molar-refractivity contribution < 1.29 is 9.90 Å². The summed E-state index contributed by atoms with van der Waals surface area (Å²) in [5, 5.41) is 12.6. The molecule has 4 nitrogen and oxygen atoms in total. The van der Waals surface area contributed by atoms with Gasteiger partial charge in [-0.2, -0.15) is 0 Å². The van der Waals surface area contributed by atoms with E-state index >= 15 is 0 Å². The first kappa shape index (κ1) is 18.7. The monoisotopic (exact) mass is 300 g/mol. The molecule has 1 aromatic carbocycles. The van der Waals surface area contributed by atoms with Gasteiger partial charge in [0.1, 0.15) is 0 Å². The number of aromatic carboxylic acids is 1. The Morgan fingerprint density at radius 1 is 1.35 bits per heavy atom. The van der Waals surface area contributed by atoms with E-state index in [0.717, 1.165) is 43.6 Å². The minimum Gasteiger partial charge on any atom is -0.478 e. The Kier molecular flexibility index (Phi) is 9.01. The first-order valence-electron chi connectivity index (χ1n) is 6.80. The van der Waals surface area contributed by atoms with E-state index in [4.69, 9.17) is 0 Å². The molecule has 0 radical (unpaired) electrons. The summed E-state index contributed by atoms with van der Waals surface area (Å²) >= 11 is 0. The van der Waals surface area contributed by atoms with E-state index in [0.29, 0.717) is 5.56 Å². The first-order valence-corrected chi connectivity index (χ1v) is 6.80. The SMILES string of the molecule is CCCCNc1c(CCN(C)C)cccc1C(=O)O.Cl. The van der Waals surface area contributed by atoms with Crippen LogP contribution in [0.15, 0.2) is 18.2 Å². The molecule has 0 spiro atoms. The summed E-state index contributed by atoms with van der Waals surface area (Å²) in [6.07, 6.45) is 2.99. The van der Waals surface area contributed by atoms with Gasteiger partial charge in [-0.3, -0.25) is 0 Å². The summed E-state index contributed by atoms with van der Waals surface area (Å²) in [6, 6.07) is 5.49. The zero-order chi connectivity index (χ0) is 14.3. The quantitative estimate of drug-likeness (QED) is 0.724. The van der Waals surface area contributed by atoms with Crippen molar-refractivity contribution in [2.45, 2.75) is 26.2 Å². The van der Waals surface area contributed by atoms with Gasteiger partial charge in [0, 0.05) is 13.1 Å². The fourth-order valence-corrected chi connectivity index (χ4v) is 1.93. The highest BCUT2D eigenvalue weighted by molar-refractivity contribution is 5.95. The maximum absolute atomic E-state index is 11.3. The van der Waals surface area contributed by atoms with Gasteiger partial charge < -0.3 is 15.3 Å². The first-order chi connectivity index (χ1) is 9.06.